The second-order valence-electron chi connectivity index (χ2n) is 6.12. The van der Waals surface area contributed by atoms with Gasteiger partial charge in [0, 0.05) is 12.2 Å². The van der Waals surface area contributed by atoms with Crippen molar-refractivity contribution in [3.8, 4) is 17.6 Å². The van der Waals surface area contributed by atoms with Gasteiger partial charge in [-0.1, -0.05) is 31.3 Å². The Morgan fingerprint density at radius 3 is 2.52 bits per heavy atom. The second kappa shape index (κ2) is 10.1. The molecule has 1 aromatic rings. The molecule has 0 unspecified atom stereocenters. The molecule has 1 saturated carbocycles. The molecule has 0 spiro atoms. The molecule has 124 valence electrons. The molecule has 0 radical (unpaired) electrons. The average molecular weight is 312 g/mol. The van der Waals surface area contributed by atoms with E-state index in [1.807, 2.05) is 30.3 Å². The fourth-order valence-electron chi connectivity index (χ4n) is 2.83. The number of rotatable bonds is 6. The zero-order valence-electron chi connectivity index (χ0n) is 14.4. The van der Waals surface area contributed by atoms with Gasteiger partial charge in [0.1, 0.15) is 5.75 Å². The van der Waals surface area contributed by atoms with Crippen molar-refractivity contribution >= 4 is 0 Å². The van der Waals surface area contributed by atoms with Crippen LogP contribution in [0, 0.1) is 17.8 Å². The van der Waals surface area contributed by atoms with Crippen LogP contribution in [-0.2, 0) is 4.74 Å². The van der Waals surface area contributed by atoms with Crippen molar-refractivity contribution in [1.82, 2.24) is 0 Å². The molecule has 0 heterocycles. The number of ether oxygens (including phenoxy) is 2. The molecule has 0 aliphatic heterocycles. The highest BCUT2D eigenvalue weighted by Crippen LogP contribution is 2.27. The summed E-state index contributed by atoms with van der Waals surface area (Å²) in [7, 11) is 1.67. The first-order valence-electron chi connectivity index (χ1n) is 8.75. The van der Waals surface area contributed by atoms with Crippen LogP contribution in [0.2, 0.25) is 0 Å². The predicted octanol–water partition coefficient (Wildman–Crippen LogP) is 4.98. The van der Waals surface area contributed by atoms with E-state index in [0.29, 0.717) is 12.0 Å². The van der Waals surface area contributed by atoms with Crippen LogP contribution in [0.5, 0.6) is 5.75 Å². The summed E-state index contributed by atoms with van der Waals surface area (Å²) in [5, 5.41) is 0. The molecule has 1 aliphatic carbocycles. The Balaban J connectivity index is 1.71. The Morgan fingerprint density at radius 2 is 1.87 bits per heavy atom. The fourth-order valence-corrected chi connectivity index (χ4v) is 2.83. The van der Waals surface area contributed by atoms with E-state index in [0.717, 1.165) is 17.9 Å². The van der Waals surface area contributed by atoms with Gasteiger partial charge in [0.15, 0.2) is 0 Å². The smallest absolute Gasteiger partial charge is 0.118 e. The van der Waals surface area contributed by atoms with Crippen molar-refractivity contribution in [3.63, 3.8) is 0 Å². The van der Waals surface area contributed by atoms with E-state index in [-0.39, 0.29) is 0 Å². The molecule has 0 amide bonds. The van der Waals surface area contributed by atoms with Gasteiger partial charge in [0.2, 0.25) is 0 Å². The van der Waals surface area contributed by atoms with Gasteiger partial charge in [0.25, 0.3) is 0 Å². The fraction of sp³-hybridized carbons (Fsp3) is 0.524. The Hall–Kier alpha value is -1.72. The van der Waals surface area contributed by atoms with Crippen LogP contribution in [0.25, 0.3) is 0 Å². The maximum absolute atomic E-state index is 5.91. The molecule has 2 rings (SSSR count). The Morgan fingerprint density at radius 1 is 1.13 bits per heavy atom. The predicted molar refractivity (Wildman–Crippen MR) is 95.6 cm³/mol. The molecule has 0 saturated heterocycles. The van der Waals surface area contributed by atoms with E-state index in [4.69, 9.17) is 9.47 Å². The second-order valence-corrected chi connectivity index (χ2v) is 6.12. The van der Waals surface area contributed by atoms with Crippen molar-refractivity contribution < 1.29 is 9.47 Å². The summed E-state index contributed by atoms with van der Waals surface area (Å²) in [5.41, 5.74) is 1.02. The van der Waals surface area contributed by atoms with E-state index in [1.54, 1.807) is 7.11 Å². The Labute approximate surface area is 140 Å². The lowest BCUT2D eigenvalue weighted by molar-refractivity contribution is 0.0209. The third-order valence-corrected chi connectivity index (χ3v) is 4.33. The van der Waals surface area contributed by atoms with E-state index in [1.165, 1.54) is 38.5 Å². The summed E-state index contributed by atoms with van der Waals surface area (Å²) < 4.78 is 11.1. The molecule has 0 N–H and O–H groups in total. The van der Waals surface area contributed by atoms with Gasteiger partial charge < -0.3 is 9.47 Å². The van der Waals surface area contributed by atoms with Gasteiger partial charge in [-0.15, -0.1) is 0 Å². The van der Waals surface area contributed by atoms with Crippen LogP contribution in [0.3, 0.4) is 0 Å². The first-order chi connectivity index (χ1) is 11.3. The molecule has 1 fully saturated rings. The molecule has 0 aromatic heterocycles. The van der Waals surface area contributed by atoms with Crippen LogP contribution in [0.15, 0.2) is 36.4 Å². The molecule has 23 heavy (non-hydrogen) atoms. The molecule has 0 bridgehead atoms. The van der Waals surface area contributed by atoms with E-state index in [9.17, 15) is 0 Å². The number of unbranched alkanes of at least 4 members (excludes halogenated alkanes) is 1. The summed E-state index contributed by atoms with van der Waals surface area (Å²) in [6, 6.07) is 7.85. The quantitative estimate of drug-likeness (QED) is 0.545. The molecule has 1 aromatic carbocycles. The summed E-state index contributed by atoms with van der Waals surface area (Å²) in [6.07, 6.45) is 12.0. The van der Waals surface area contributed by atoms with Crippen molar-refractivity contribution in [3.05, 3.63) is 42.0 Å². The van der Waals surface area contributed by atoms with Gasteiger partial charge >= 0.3 is 0 Å². The summed E-state index contributed by atoms with van der Waals surface area (Å²) >= 11 is 0. The number of benzene rings is 1. The minimum Gasteiger partial charge on any atom is -0.497 e. The minimum atomic E-state index is 0.483. The monoisotopic (exact) mass is 312 g/mol. The number of hydrogen-bond donors (Lipinski definition) is 0. The van der Waals surface area contributed by atoms with Crippen LogP contribution >= 0.6 is 0 Å². The largest absolute Gasteiger partial charge is 0.497 e. The normalized spacial score (nSPS) is 21.0. The third-order valence-electron chi connectivity index (χ3n) is 4.33. The van der Waals surface area contributed by atoms with Crippen molar-refractivity contribution in [2.45, 2.75) is 51.6 Å². The van der Waals surface area contributed by atoms with E-state index < -0.39 is 0 Å². The standard InChI is InChI=1S/C21H28O2/c1-3-4-17-23-21-15-11-19(12-16-21)8-6-5-7-18-9-13-20(22-2)14-10-18/h6,8-10,13-14,19,21H,3-4,11-12,15-17H2,1-2H3. The van der Waals surface area contributed by atoms with Gasteiger partial charge in [-0.05, 0) is 68.4 Å². The molecule has 1 aliphatic rings. The van der Waals surface area contributed by atoms with Crippen molar-refractivity contribution in [1.29, 1.82) is 0 Å². The summed E-state index contributed by atoms with van der Waals surface area (Å²) in [4.78, 5) is 0. The first kappa shape index (κ1) is 17.6. The zero-order valence-corrected chi connectivity index (χ0v) is 14.4. The highest BCUT2D eigenvalue weighted by molar-refractivity contribution is 5.40. The SMILES string of the molecule is CCCCOC1CCC(C=CC#Cc2ccc(OC)cc2)CC1. The number of allylic oxidation sites excluding steroid dienone is 2. The van der Waals surface area contributed by atoms with E-state index >= 15 is 0 Å². The van der Waals surface area contributed by atoms with Crippen LogP contribution in [0.1, 0.15) is 51.0 Å². The Kier molecular flexibility index (Phi) is 7.77. The topological polar surface area (TPSA) is 18.5 Å². The van der Waals surface area contributed by atoms with E-state index in [2.05, 4.69) is 24.8 Å². The highest BCUT2D eigenvalue weighted by Gasteiger charge is 2.19. The van der Waals surface area contributed by atoms with Crippen LogP contribution in [-0.4, -0.2) is 19.8 Å². The minimum absolute atomic E-state index is 0.483. The van der Waals surface area contributed by atoms with Crippen molar-refractivity contribution in [2.24, 2.45) is 5.92 Å². The molecule has 2 nitrogen and oxygen atoms in total. The maximum Gasteiger partial charge on any atom is 0.118 e. The lowest BCUT2D eigenvalue weighted by Crippen LogP contribution is -2.21. The summed E-state index contributed by atoms with van der Waals surface area (Å²) in [5.74, 6) is 7.82. The maximum atomic E-state index is 5.91. The Bertz CT molecular complexity index is 525. The lowest BCUT2D eigenvalue weighted by atomic mass is 9.87. The lowest BCUT2D eigenvalue weighted by Gasteiger charge is -2.26. The van der Waals surface area contributed by atoms with Gasteiger partial charge in [-0.3, -0.25) is 0 Å². The zero-order chi connectivity index (χ0) is 16.3. The summed E-state index contributed by atoms with van der Waals surface area (Å²) in [6.45, 7) is 3.13. The molecule has 0 atom stereocenters. The van der Waals surface area contributed by atoms with Crippen molar-refractivity contribution in [2.75, 3.05) is 13.7 Å². The van der Waals surface area contributed by atoms with Crippen LogP contribution < -0.4 is 4.74 Å². The first-order valence-corrected chi connectivity index (χ1v) is 8.75. The molecular formula is C21H28O2. The third kappa shape index (κ3) is 6.50. The van der Waals surface area contributed by atoms with Gasteiger partial charge in [-0.2, -0.15) is 0 Å². The van der Waals surface area contributed by atoms with Gasteiger partial charge in [0.05, 0.1) is 13.2 Å². The average Bonchev–Trinajstić information content (AvgIpc) is 2.61. The van der Waals surface area contributed by atoms with Gasteiger partial charge in [-0.25, -0.2) is 0 Å². The molecular weight excluding hydrogens is 284 g/mol. The highest BCUT2D eigenvalue weighted by atomic mass is 16.5. The number of methoxy groups -OCH3 is 1. The molecule has 2 heteroatoms. The van der Waals surface area contributed by atoms with Crippen LogP contribution in [0.4, 0.5) is 0 Å². The number of hydrogen-bond acceptors (Lipinski definition) is 2.